The third-order valence-corrected chi connectivity index (χ3v) is 7.74. The second kappa shape index (κ2) is 11.5. The number of halogens is 1. The van der Waals surface area contributed by atoms with Crippen molar-refractivity contribution < 1.29 is 9.47 Å². The maximum absolute atomic E-state index is 5.65. The third kappa shape index (κ3) is 5.76. The van der Waals surface area contributed by atoms with Gasteiger partial charge in [0, 0.05) is 35.3 Å². The zero-order chi connectivity index (χ0) is 24.9. The highest BCUT2D eigenvalue weighted by Crippen LogP contribution is 2.33. The molecular weight excluding hydrogens is 561 g/mol. The molecule has 186 valence electrons. The van der Waals surface area contributed by atoms with Gasteiger partial charge in [-0.25, -0.2) is 4.98 Å². The lowest BCUT2D eigenvalue weighted by Crippen LogP contribution is -2.24. The first-order chi connectivity index (χ1) is 17.6. The molecule has 2 heterocycles. The number of fused-ring (bicyclic) bond motifs is 1. The first kappa shape index (κ1) is 24.8. The highest BCUT2D eigenvalue weighted by atomic mass is 127. The van der Waals surface area contributed by atoms with Crippen molar-refractivity contribution in [2.45, 2.75) is 52.9 Å². The molecule has 0 N–H and O–H groups in total. The van der Waals surface area contributed by atoms with E-state index in [-0.39, 0.29) is 0 Å². The zero-order valence-electron chi connectivity index (χ0n) is 20.9. The number of hydrogen-bond acceptors (Lipinski definition) is 4. The van der Waals surface area contributed by atoms with E-state index in [1.54, 1.807) is 0 Å². The molecule has 1 aliphatic heterocycles. The van der Waals surface area contributed by atoms with Crippen molar-refractivity contribution in [3.05, 3.63) is 98.9 Å². The van der Waals surface area contributed by atoms with E-state index in [0.29, 0.717) is 6.79 Å². The lowest BCUT2D eigenvalue weighted by Gasteiger charge is -2.24. The Hall–Kier alpha value is -2.84. The third-order valence-electron chi connectivity index (χ3n) is 6.58. The van der Waals surface area contributed by atoms with E-state index in [2.05, 4.69) is 113 Å². The van der Waals surface area contributed by atoms with Crippen LogP contribution in [-0.4, -0.2) is 21.2 Å². The molecular formula is C30H32IN3O2. The summed E-state index contributed by atoms with van der Waals surface area (Å²) in [5, 5.41) is 0. The van der Waals surface area contributed by atoms with Crippen LogP contribution in [0.2, 0.25) is 0 Å². The highest BCUT2D eigenvalue weighted by Gasteiger charge is 2.18. The predicted molar refractivity (Wildman–Crippen MR) is 152 cm³/mol. The highest BCUT2D eigenvalue weighted by molar-refractivity contribution is 14.1. The van der Waals surface area contributed by atoms with Crippen molar-refractivity contribution in [2.24, 2.45) is 0 Å². The van der Waals surface area contributed by atoms with Gasteiger partial charge in [0.15, 0.2) is 11.5 Å². The summed E-state index contributed by atoms with van der Waals surface area (Å²) in [7, 11) is 0. The quantitative estimate of drug-likeness (QED) is 0.183. The van der Waals surface area contributed by atoms with E-state index in [9.17, 15) is 0 Å². The maximum atomic E-state index is 5.65. The van der Waals surface area contributed by atoms with Crippen LogP contribution in [-0.2, 0) is 26.2 Å². The van der Waals surface area contributed by atoms with Crippen LogP contribution in [0.3, 0.4) is 0 Å². The number of benzene rings is 3. The van der Waals surface area contributed by atoms with Crippen molar-refractivity contribution in [3.8, 4) is 22.9 Å². The molecule has 0 saturated heterocycles. The second-order valence-corrected chi connectivity index (χ2v) is 10.5. The molecule has 6 heteroatoms. The molecule has 1 aliphatic rings. The summed E-state index contributed by atoms with van der Waals surface area (Å²) >= 11 is 2.43. The van der Waals surface area contributed by atoms with Gasteiger partial charge in [-0.05, 0) is 70.8 Å². The van der Waals surface area contributed by atoms with Crippen LogP contribution in [0.15, 0.2) is 72.9 Å². The first-order valence-electron chi connectivity index (χ1n) is 12.6. The average Bonchev–Trinajstić information content (AvgIpc) is 3.52. The summed E-state index contributed by atoms with van der Waals surface area (Å²) in [6.07, 6.45) is 4.33. The molecule has 0 radical (unpaired) electrons. The Morgan fingerprint density at radius 1 is 0.917 bits per heavy atom. The summed E-state index contributed by atoms with van der Waals surface area (Å²) in [6, 6.07) is 23.5. The Morgan fingerprint density at radius 3 is 2.44 bits per heavy atom. The van der Waals surface area contributed by atoms with Gasteiger partial charge in [-0.1, -0.05) is 61.9 Å². The van der Waals surface area contributed by atoms with Crippen molar-refractivity contribution in [3.63, 3.8) is 0 Å². The fourth-order valence-electron chi connectivity index (χ4n) is 4.61. The van der Waals surface area contributed by atoms with Gasteiger partial charge in [-0.3, -0.25) is 4.90 Å². The molecule has 0 bridgehead atoms. The number of rotatable bonds is 10. The number of nitrogens with zero attached hydrogens (tertiary/aromatic N) is 3. The van der Waals surface area contributed by atoms with Gasteiger partial charge in [0.25, 0.3) is 0 Å². The number of imidazole rings is 1. The molecule has 0 saturated carbocycles. The van der Waals surface area contributed by atoms with Crippen molar-refractivity contribution >= 4 is 22.6 Å². The standard InChI is InChI=1S/C30H32IN3O2/c1-3-4-14-34-26(17-32-30(34)25-8-6-5-7-9-25)20-33(18-23-11-10-22(2)27(31)15-23)19-24-12-13-28-29(16-24)36-21-35-28/h5-13,15-17H,3-4,14,18-21H2,1-2H3. The summed E-state index contributed by atoms with van der Waals surface area (Å²) in [6.45, 7) is 8.13. The molecule has 0 fully saturated rings. The largest absolute Gasteiger partial charge is 0.454 e. The molecule has 0 atom stereocenters. The van der Waals surface area contributed by atoms with Gasteiger partial charge in [0.05, 0.1) is 11.9 Å². The molecule has 1 aromatic heterocycles. The van der Waals surface area contributed by atoms with Crippen molar-refractivity contribution in [1.82, 2.24) is 14.5 Å². The summed E-state index contributed by atoms with van der Waals surface area (Å²) in [5.41, 5.74) is 6.24. The van der Waals surface area contributed by atoms with Crippen LogP contribution in [0.5, 0.6) is 11.5 Å². The molecule has 0 unspecified atom stereocenters. The number of hydrogen-bond donors (Lipinski definition) is 0. The van der Waals surface area contributed by atoms with Gasteiger partial charge >= 0.3 is 0 Å². The van der Waals surface area contributed by atoms with Gasteiger partial charge in [-0.2, -0.15) is 0 Å². The van der Waals surface area contributed by atoms with E-state index in [4.69, 9.17) is 14.5 Å². The second-order valence-electron chi connectivity index (χ2n) is 9.36. The zero-order valence-corrected chi connectivity index (χ0v) is 23.1. The van der Waals surface area contributed by atoms with Crippen LogP contribution in [0.25, 0.3) is 11.4 Å². The van der Waals surface area contributed by atoms with Gasteiger partial charge in [0.2, 0.25) is 6.79 Å². The summed E-state index contributed by atoms with van der Waals surface area (Å²) in [4.78, 5) is 7.37. The first-order valence-corrected chi connectivity index (χ1v) is 13.6. The lowest BCUT2D eigenvalue weighted by atomic mass is 10.1. The van der Waals surface area contributed by atoms with E-state index in [0.717, 1.165) is 61.9 Å². The lowest BCUT2D eigenvalue weighted by molar-refractivity contribution is 0.174. The molecule has 0 spiro atoms. The van der Waals surface area contributed by atoms with Crippen LogP contribution in [0.1, 0.15) is 42.1 Å². The van der Waals surface area contributed by atoms with Gasteiger partial charge in [0.1, 0.15) is 5.82 Å². The smallest absolute Gasteiger partial charge is 0.231 e. The Labute approximate surface area is 227 Å². The van der Waals surface area contributed by atoms with E-state index >= 15 is 0 Å². The molecule has 0 amide bonds. The Bertz CT molecular complexity index is 1320. The van der Waals surface area contributed by atoms with Crippen LogP contribution >= 0.6 is 22.6 Å². The molecule has 0 aliphatic carbocycles. The summed E-state index contributed by atoms with van der Waals surface area (Å²) < 4.78 is 14.9. The topological polar surface area (TPSA) is 39.5 Å². The minimum absolute atomic E-state index is 0.295. The summed E-state index contributed by atoms with van der Waals surface area (Å²) in [5.74, 6) is 2.70. The molecule has 5 nitrogen and oxygen atoms in total. The normalized spacial score (nSPS) is 12.4. The predicted octanol–water partition coefficient (Wildman–Crippen LogP) is 7.19. The van der Waals surface area contributed by atoms with Crippen LogP contribution in [0.4, 0.5) is 0 Å². The number of aromatic nitrogens is 2. The van der Waals surface area contributed by atoms with E-state index < -0.39 is 0 Å². The van der Waals surface area contributed by atoms with Crippen molar-refractivity contribution in [1.29, 1.82) is 0 Å². The van der Waals surface area contributed by atoms with Crippen molar-refractivity contribution in [2.75, 3.05) is 6.79 Å². The Kier molecular flexibility index (Phi) is 7.92. The van der Waals surface area contributed by atoms with E-state index in [1.165, 1.54) is 26.0 Å². The molecule has 3 aromatic carbocycles. The number of aryl methyl sites for hydroxylation is 1. The Morgan fingerprint density at radius 2 is 1.67 bits per heavy atom. The van der Waals surface area contributed by atoms with Gasteiger partial charge in [-0.15, -0.1) is 0 Å². The minimum Gasteiger partial charge on any atom is -0.454 e. The average molecular weight is 594 g/mol. The minimum atomic E-state index is 0.295. The SMILES string of the molecule is CCCCn1c(CN(Cc2ccc(C)c(I)c2)Cc2ccc3c(c2)OCO3)cnc1-c1ccccc1. The maximum Gasteiger partial charge on any atom is 0.231 e. The van der Waals surface area contributed by atoms with Crippen LogP contribution < -0.4 is 9.47 Å². The number of ether oxygens (including phenoxy) is 2. The fourth-order valence-corrected chi connectivity index (χ4v) is 5.19. The molecule has 4 aromatic rings. The van der Waals surface area contributed by atoms with E-state index in [1.807, 2.05) is 6.07 Å². The monoisotopic (exact) mass is 593 g/mol. The van der Waals surface area contributed by atoms with Gasteiger partial charge < -0.3 is 14.0 Å². The Balaban J connectivity index is 1.45. The molecule has 36 heavy (non-hydrogen) atoms. The molecule has 5 rings (SSSR count). The number of unbranched alkanes of at least 4 members (excludes halogenated alkanes) is 1. The van der Waals surface area contributed by atoms with Crippen LogP contribution in [0, 0.1) is 10.5 Å². The fraction of sp³-hybridized carbons (Fsp3) is 0.300.